The maximum Gasteiger partial charge on any atom is 0.352 e. The van der Waals surface area contributed by atoms with Gasteiger partial charge >= 0.3 is 5.97 Å². The first-order valence-corrected chi connectivity index (χ1v) is 4.19. The summed E-state index contributed by atoms with van der Waals surface area (Å²) >= 11 is 0. The van der Waals surface area contributed by atoms with E-state index in [1.807, 2.05) is 30.3 Å². The Morgan fingerprint density at radius 2 is 1.93 bits per heavy atom. The van der Waals surface area contributed by atoms with Crippen molar-refractivity contribution in [3.05, 3.63) is 35.9 Å². The Labute approximate surface area is 80.6 Å². The molecule has 0 aromatic heterocycles. The number of hydrogen-bond donors (Lipinski definition) is 1. The molecule has 2 rings (SSSR count). The molecule has 0 saturated carbocycles. The van der Waals surface area contributed by atoms with Crippen molar-refractivity contribution in [3.63, 3.8) is 0 Å². The third-order valence-electron chi connectivity index (χ3n) is 1.98. The van der Waals surface area contributed by atoms with Crippen LogP contribution in [0.1, 0.15) is 12.0 Å². The minimum absolute atomic E-state index is 0.101. The van der Waals surface area contributed by atoms with Crippen LogP contribution in [0.5, 0.6) is 0 Å². The zero-order valence-corrected chi connectivity index (χ0v) is 7.34. The van der Waals surface area contributed by atoms with Crippen LogP contribution in [0.4, 0.5) is 0 Å². The molecule has 4 nitrogen and oxygen atoms in total. The normalized spacial score (nSPS) is 14.9. The number of benzene rings is 1. The molecule has 0 aliphatic carbocycles. The highest BCUT2D eigenvalue weighted by molar-refractivity contribution is 6.41. The van der Waals surface area contributed by atoms with Gasteiger partial charge in [-0.2, -0.15) is 5.10 Å². The molecule has 1 N–H and O–H groups in total. The van der Waals surface area contributed by atoms with E-state index < -0.39 is 5.97 Å². The average molecular weight is 188 g/mol. The Hall–Kier alpha value is -1.97. The molecule has 0 fully saturated rings. The first kappa shape index (κ1) is 8.62. The third-order valence-corrected chi connectivity index (χ3v) is 1.98. The molecule has 1 aromatic rings. The van der Waals surface area contributed by atoms with E-state index in [9.17, 15) is 4.79 Å². The van der Waals surface area contributed by atoms with Crippen molar-refractivity contribution in [2.45, 2.75) is 6.42 Å². The van der Waals surface area contributed by atoms with E-state index in [0.29, 0.717) is 12.1 Å². The second kappa shape index (κ2) is 3.41. The Balaban J connectivity index is 2.17. The quantitative estimate of drug-likeness (QED) is 0.760. The van der Waals surface area contributed by atoms with Gasteiger partial charge in [0.2, 0.25) is 0 Å². The largest absolute Gasteiger partial charge is 0.477 e. The van der Waals surface area contributed by atoms with Crippen LogP contribution in [0.2, 0.25) is 0 Å². The molecule has 1 heterocycles. The summed E-state index contributed by atoms with van der Waals surface area (Å²) in [6.45, 7) is 0. The monoisotopic (exact) mass is 188 g/mol. The molecule has 0 amide bonds. The van der Waals surface area contributed by atoms with E-state index in [1.54, 1.807) is 0 Å². The smallest absolute Gasteiger partial charge is 0.352 e. The third kappa shape index (κ3) is 1.54. The fourth-order valence-electron chi connectivity index (χ4n) is 1.26. The fourth-order valence-corrected chi connectivity index (χ4v) is 1.26. The topological polar surface area (TPSA) is 62.0 Å². The van der Waals surface area contributed by atoms with Crippen LogP contribution in [0, 0.1) is 0 Å². The number of aliphatic carboxylic acids is 1. The summed E-state index contributed by atoms with van der Waals surface area (Å²) in [7, 11) is 0. The van der Waals surface area contributed by atoms with E-state index in [0.717, 1.165) is 5.56 Å². The van der Waals surface area contributed by atoms with Crippen molar-refractivity contribution in [2.75, 3.05) is 0 Å². The first-order chi connectivity index (χ1) is 6.77. The maximum atomic E-state index is 10.6. The molecular weight excluding hydrogens is 180 g/mol. The molecule has 0 unspecified atom stereocenters. The Kier molecular flexibility index (Phi) is 2.10. The molecule has 1 aromatic carbocycles. The molecule has 1 aliphatic rings. The van der Waals surface area contributed by atoms with E-state index >= 15 is 0 Å². The summed E-state index contributed by atoms with van der Waals surface area (Å²) in [5, 5.41) is 16.1. The highest BCUT2D eigenvalue weighted by Crippen LogP contribution is 2.11. The second-order valence-corrected chi connectivity index (χ2v) is 2.94. The predicted octanol–water partition coefficient (Wildman–Crippen LogP) is 1.32. The summed E-state index contributed by atoms with van der Waals surface area (Å²) < 4.78 is 0. The summed E-state index contributed by atoms with van der Waals surface area (Å²) in [6.07, 6.45) is 0.305. The summed E-state index contributed by atoms with van der Waals surface area (Å²) in [6, 6.07) is 9.45. The zero-order chi connectivity index (χ0) is 9.97. The van der Waals surface area contributed by atoms with Gasteiger partial charge in [-0.05, 0) is 5.56 Å². The number of nitrogens with zero attached hydrogens (tertiary/aromatic N) is 2. The van der Waals surface area contributed by atoms with Gasteiger partial charge in [0, 0.05) is 6.42 Å². The number of carboxylic acids is 1. The van der Waals surface area contributed by atoms with Gasteiger partial charge in [-0.3, -0.25) is 0 Å². The van der Waals surface area contributed by atoms with Gasteiger partial charge in [0.05, 0.1) is 5.71 Å². The maximum absolute atomic E-state index is 10.6. The van der Waals surface area contributed by atoms with Crippen LogP contribution < -0.4 is 0 Å². The average Bonchev–Trinajstić information content (AvgIpc) is 2.68. The fraction of sp³-hybridized carbons (Fsp3) is 0.100. The molecular formula is C10H8N2O2. The van der Waals surface area contributed by atoms with Crippen LogP contribution in [-0.2, 0) is 4.79 Å². The van der Waals surface area contributed by atoms with Crippen molar-refractivity contribution in [1.29, 1.82) is 0 Å². The molecule has 4 heteroatoms. The van der Waals surface area contributed by atoms with Crippen LogP contribution in [-0.4, -0.2) is 22.5 Å². The lowest BCUT2D eigenvalue weighted by Crippen LogP contribution is -2.13. The van der Waals surface area contributed by atoms with Gasteiger partial charge in [0.1, 0.15) is 0 Å². The summed E-state index contributed by atoms with van der Waals surface area (Å²) in [5.74, 6) is -1.00. The van der Waals surface area contributed by atoms with Crippen molar-refractivity contribution in [1.82, 2.24) is 0 Å². The number of carbonyl (C=O) groups is 1. The highest BCUT2D eigenvalue weighted by Gasteiger charge is 2.19. The van der Waals surface area contributed by atoms with Crippen molar-refractivity contribution in [2.24, 2.45) is 10.2 Å². The lowest BCUT2D eigenvalue weighted by Gasteiger charge is -1.97. The number of hydrogen-bond acceptors (Lipinski definition) is 3. The van der Waals surface area contributed by atoms with E-state index in [1.165, 1.54) is 0 Å². The zero-order valence-electron chi connectivity index (χ0n) is 7.34. The van der Waals surface area contributed by atoms with Crippen molar-refractivity contribution < 1.29 is 9.90 Å². The van der Waals surface area contributed by atoms with Crippen LogP contribution in [0.15, 0.2) is 40.5 Å². The Morgan fingerprint density at radius 1 is 1.21 bits per heavy atom. The lowest BCUT2D eigenvalue weighted by molar-refractivity contribution is -0.129. The molecule has 0 radical (unpaired) electrons. The van der Waals surface area contributed by atoms with Gasteiger partial charge in [0.25, 0.3) is 0 Å². The Morgan fingerprint density at radius 3 is 2.50 bits per heavy atom. The van der Waals surface area contributed by atoms with Gasteiger partial charge in [-0.15, -0.1) is 5.10 Å². The number of carboxylic acid groups (broad SMARTS) is 1. The SMILES string of the molecule is O=C(O)C1=NN=C(c2ccccc2)C1. The van der Waals surface area contributed by atoms with Gasteiger partial charge in [-0.1, -0.05) is 30.3 Å². The summed E-state index contributed by atoms with van der Waals surface area (Å²) in [5.41, 5.74) is 1.74. The molecule has 70 valence electrons. The Bertz CT molecular complexity index is 421. The highest BCUT2D eigenvalue weighted by atomic mass is 16.4. The lowest BCUT2D eigenvalue weighted by atomic mass is 10.1. The number of rotatable bonds is 2. The minimum Gasteiger partial charge on any atom is -0.477 e. The van der Waals surface area contributed by atoms with Crippen LogP contribution in [0.3, 0.4) is 0 Å². The molecule has 14 heavy (non-hydrogen) atoms. The van der Waals surface area contributed by atoms with E-state index in [4.69, 9.17) is 5.11 Å². The molecule has 1 aliphatic heterocycles. The van der Waals surface area contributed by atoms with Gasteiger partial charge < -0.3 is 5.11 Å². The molecule has 0 spiro atoms. The second-order valence-electron chi connectivity index (χ2n) is 2.94. The predicted molar refractivity (Wildman–Crippen MR) is 52.7 cm³/mol. The van der Waals surface area contributed by atoms with Gasteiger partial charge in [0.15, 0.2) is 5.71 Å². The van der Waals surface area contributed by atoms with Crippen molar-refractivity contribution >= 4 is 17.4 Å². The minimum atomic E-state index is -1.00. The van der Waals surface area contributed by atoms with Crippen LogP contribution in [0.25, 0.3) is 0 Å². The standard InChI is InChI=1S/C10H8N2O2/c13-10(14)9-6-8(11-12-9)7-4-2-1-3-5-7/h1-5H,6H2,(H,13,14). The van der Waals surface area contributed by atoms with Crippen LogP contribution >= 0.6 is 0 Å². The summed E-state index contributed by atoms with van der Waals surface area (Å²) in [4.78, 5) is 10.6. The molecule has 0 saturated heterocycles. The van der Waals surface area contributed by atoms with E-state index in [2.05, 4.69) is 10.2 Å². The molecule has 0 bridgehead atoms. The van der Waals surface area contributed by atoms with Gasteiger partial charge in [-0.25, -0.2) is 4.79 Å². The van der Waals surface area contributed by atoms with E-state index in [-0.39, 0.29) is 5.71 Å². The van der Waals surface area contributed by atoms with Crippen molar-refractivity contribution in [3.8, 4) is 0 Å². The molecule has 0 atom stereocenters. The first-order valence-electron chi connectivity index (χ1n) is 4.19.